The van der Waals surface area contributed by atoms with Crippen molar-refractivity contribution in [2.75, 3.05) is 99.2 Å². The van der Waals surface area contributed by atoms with Gasteiger partial charge in [0.15, 0.2) is 16.9 Å². The molecule has 5 aromatic carbocycles. The number of likely N-dealkylation sites (tertiary alicyclic amines) is 1. The van der Waals surface area contributed by atoms with Crippen LogP contribution in [0.3, 0.4) is 0 Å². The van der Waals surface area contributed by atoms with E-state index in [1.165, 1.54) is 11.1 Å². The van der Waals surface area contributed by atoms with Crippen molar-refractivity contribution >= 4 is 90.3 Å². The molecule has 3 fully saturated rings. The summed E-state index contributed by atoms with van der Waals surface area (Å²) in [6.07, 6.45) is 8.37. The minimum absolute atomic E-state index is 0.0731. The Kier molecular flexibility index (Phi) is 18.9. The van der Waals surface area contributed by atoms with Gasteiger partial charge in [-0.1, -0.05) is 150 Å². The van der Waals surface area contributed by atoms with E-state index in [9.17, 15) is 4.79 Å². The molecule has 20 nitrogen and oxygen atoms in total. The van der Waals surface area contributed by atoms with Gasteiger partial charge in [0.25, 0.3) is 0 Å². The Morgan fingerprint density at radius 3 is 1.51 bits per heavy atom. The van der Waals surface area contributed by atoms with Gasteiger partial charge in [-0.2, -0.15) is 15.3 Å². The summed E-state index contributed by atoms with van der Waals surface area (Å²) in [5.41, 5.74) is 14.7. The van der Waals surface area contributed by atoms with E-state index in [1.54, 1.807) is 4.68 Å². The number of fused-ring (bicyclic) bond motifs is 5. The Morgan fingerprint density at radius 2 is 0.969 bits per heavy atom. The van der Waals surface area contributed by atoms with E-state index in [4.69, 9.17) is 54.8 Å². The minimum atomic E-state index is 0.0731. The molecule has 1 amide bonds. The van der Waals surface area contributed by atoms with Crippen molar-refractivity contribution in [2.45, 2.75) is 58.2 Å². The van der Waals surface area contributed by atoms with Gasteiger partial charge in [0, 0.05) is 118 Å². The van der Waals surface area contributed by atoms with Crippen LogP contribution in [0.25, 0.3) is 106 Å². The molecule has 0 radical (unpaired) electrons. The molecule has 17 rings (SSSR count). The number of hydrogen-bond donors (Lipinski definition) is 1. The number of amides is 1. The zero-order valence-electron chi connectivity index (χ0n) is 54.5. The van der Waals surface area contributed by atoms with Crippen LogP contribution < -0.4 is 4.74 Å². The molecule has 494 valence electrons. The number of carbonyl (C=O) groups excluding carboxylic acids is 1. The molecule has 23 heteroatoms. The van der Waals surface area contributed by atoms with Crippen molar-refractivity contribution in [3.63, 3.8) is 0 Å². The number of aromatic nitrogens is 13. The van der Waals surface area contributed by atoms with Crippen molar-refractivity contribution in [1.29, 1.82) is 0 Å². The third kappa shape index (κ3) is 13.5. The lowest BCUT2D eigenvalue weighted by Crippen LogP contribution is -2.45. The van der Waals surface area contributed by atoms with Gasteiger partial charge in [0.1, 0.15) is 40.8 Å². The van der Waals surface area contributed by atoms with Crippen LogP contribution in [0.15, 0.2) is 146 Å². The number of H-pyrrole nitrogens is 1. The van der Waals surface area contributed by atoms with E-state index in [0.29, 0.717) is 43.4 Å². The molecule has 1 N–H and O–H groups in total. The summed E-state index contributed by atoms with van der Waals surface area (Å²) in [5.74, 6) is 1.03. The molecule has 0 bridgehead atoms. The molecule has 0 spiro atoms. The lowest BCUT2D eigenvalue weighted by atomic mass is 10.0. The Bertz CT molecular complexity index is 4810. The number of hydrogen-bond acceptors (Lipinski definition) is 15. The monoisotopic (exact) mass is 1350 g/mol. The standard InChI is InChI=1S/C26H26ClN7.C26H27ClN6O.C22H22ClN5O/c1-32-11-13-33(14-12-32)15-16-34-26-22(23(27)24(29-30-26)18-7-3-2-4-8-18)25(31-34)21-17-19-9-5-6-10-20(19)28-21;1-31-10-12-32(13-11-31)14-15-33-26-22(23(27)25(28-29-26)18-5-3-2-4-6-18)24(30-33)20-7-8-21-19(17-20)9-16-34-21;23-19-18-20(15-10-4-5-11-15)26-28(14-17(29)27-12-6-7-13-27)22(18)25-24-21(19)16-8-2-1-3-9-16/h2-10,17,28H,11-16H2,1H3;2-8,17H,9-16H2,1H3;1-3,8-10H,4-7,11-14H2. The van der Waals surface area contributed by atoms with Crippen molar-refractivity contribution in [3.05, 3.63) is 172 Å². The van der Waals surface area contributed by atoms with Crippen molar-refractivity contribution in [1.82, 2.24) is 89.4 Å². The van der Waals surface area contributed by atoms with Crippen molar-refractivity contribution in [2.24, 2.45) is 0 Å². The lowest BCUT2D eigenvalue weighted by Gasteiger charge is -2.32. The van der Waals surface area contributed by atoms with Crippen LogP contribution in [0.5, 0.6) is 5.75 Å². The number of nitrogens with zero attached hydrogens (tertiary/aromatic N) is 17. The Labute approximate surface area is 577 Å². The molecule has 4 aliphatic heterocycles. The van der Waals surface area contributed by atoms with Crippen LogP contribution in [0.4, 0.5) is 0 Å². The van der Waals surface area contributed by atoms with Crippen LogP contribution in [0, 0.1) is 0 Å². The van der Waals surface area contributed by atoms with Crippen LogP contribution in [0.1, 0.15) is 43.4 Å². The van der Waals surface area contributed by atoms with E-state index < -0.39 is 0 Å². The zero-order valence-corrected chi connectivity index (χ0v) is 56.7. The molecule has 12 aromatic rings. The molecule has 0 unspecified atom stereocenters. The molecule has 5 aliphatic rings. The first-order valence-corrected chi connectivity index (χ1v) is 34.8. The summed E-state index contributed by atoms with van der Waals surface area (Å²) in [6, 6.07) is 46.4. The van der Waals surface area contributed by atoms with Gasteiger partial charge in [-0.3, -0.25) is 14.6 Å². The van der Waals surface area contributed by atoms with Gasteiger partial charge in [-0.05, 0) is 87.7 Å². The largest absolute Gasteiger partial charge is 0.493 e. The molecular weight excluding hydrogens is 1280 g/mol. The maximum absolute atomic E-state index is 12.7. The number of carbonyl (C=O) groups is 1. The molecule has 7 aromatic heterocycles. The Balaban J connectivity index is 0.000000120. The summed E-state index contributed by atoms with van der Waals surface area (Å²) in [7, 11) is 4.35. The first-order chi connectivity index (χ1) is 47.6. The predicted molar refractivity (Wildman–Crippen MR) is 385 cm³/mol. The minimum Gasteiger partial charge on any atom is -0.493 e. The smallest absolute Gasteiger partial charge is 0.244 e. The van der Waals surface area contributed by atoms with E-state index in [2.05, 4.69) is 106 Å². The summed E-state index contributed by atoms with van der Waals surface area (Å²) in [6.45, 7) is 14.5. The van der Waals surface area contributed by atoms with Crippen molar-refractivity contribution in [3.8, 4) is 62.2 Å². The molecule has 3 saturated heterocycles. The van der Waals surface area contributed by atoms with Crippen LogP contribution >= 0.6 is 34.8 Å². The fourth-order valence-electron chi connectivity index (χ4n) is 13.7. The fraction of sp³-hybridized carbons (Fsp3) is 0.324. The number of ether oxygens (including phenoxy) is 1. The number of rotatable bonds is 14. The molecule has 11 heterocycles. The van der Waals surface area contributed by atoms with Crippen molar-refractivity contribution < 1.29 is 9.53 Å². The fourth-order valence-corrected chi connectivity index (χ4v) is 14.6. The number of halogens is 3. The van der Waals surface area contributed by atoms with Crippen LogP contribution in [0.2, 0.25) is 15.1 Å². The van der Waals surface area contributed by atoms with Crippen LogP contribution in [-0.2, 0) is 30.8 Å². The number of piperazine rings is 2. The maximum atomic E-state index is 12.7. The maximum Gasteiger partial charge on any atom is 0.244 e. The second-order valence-corrected chi connectivity index (χ2v) is 26.8. The van der Waals surface area contributed by atoms with E-state index in [-0.39, 0.29) is 12.5 Å². The molecular formula is C74H75Cl3N18O2. The van der Waals surface area contributed by atoms with E-state index in [1.807, 2.05) is 123 Å². The highest BCUT2D eigenvalue weighted by atomic mass is 35.5. The molecule has 1 aliphatic carbocycles. The van der Waals surface area contributed by atoms with Gasteiger partial charge in [-0.25, -0.2) is 14.0 Å². The predicted octanol–water partition coefficient (Wildman–Crippen LogP) is 12.9. The first-order valence-electron chi connectivity index (χ1n) is 33.6. The highest BCUT2D eigenvalue weighted by molar-refractivity contribution is 6.39. The highest BCUT2D eigenvalue weighted by Gasteiger charge is 2.29. The van der Waals surface area contributed by atoms with Gasteiger partial charge in [0.05, 0.1) is 62.3 Å². The number of allylic oxidation sites excluding steroid dienone is 2. The summed E-state index contributed by atoms with van der Waals surface area (Å²) in [4.78, 5) is 27.8. The van der Waals surface area contributed by atoms with Crippen LogP contribution in [-0.4, -0.2) is 195 Å². The van der Waals surface area contributed by atoms with Gasteiger partial charge < -0.3 is 24.4 Å². The average molecular weight is 1350 g/mol. The average Bonchev–Trinajstić information content (AvgIpc) is 1.63. The lowest BCUT2D eigenvalue weighted by molar-refractivity contribution is -0.130. The quantitative estimate of drug-likeness (QED) is 0.108. The summed E-state index contributed by atoms with van der Waals surface area (Å²) < 4.78 is 11.3. The Morgan fingerprint density at radius 1 is 0.474 bits per heavy atom. The SMILES string of the molecule is CN1CCN(CCn2nc(-c3cc4ccccc4[nH]3)c3c(Cl)c(-c4ccccc4)nnc32)CC1.CN1CCN(CCn2nc(-c3ccc4c(c3)CCO4)c3c(Cl)c(-c4ccccc4)nnc32)CC1.O=C(Cn1nc(C2=CCCC2)c2c(Cl)c(-c3ccccc3)nnc21)N1CCCC1. The van der Waals surface area contributed by atoms with Gasteiger partial charge in [-0.15, -0.1) is 30.6 Å². The number of likely N-dealkylation sites (N-methyl/N-ethyl adjacent to an activating group) is 2. The normalized spacial score (nSPS) is 16.2. The van der Waals surface area contributed by atoms with Gasteiger partial charge in [0.2, 0.25) is 5.91 Å². The summed E-state index contributed by atoms with van der Waals surface area (Å²) >= 11 is 20.9. The second kappa shape index (κ2) is 28.6. The number of benzene rings is 5. The topological polar surface area (TPSA) is 189 Å². The molecule has 0 atom stereocenters. The van der Waals surface area contributed by atoms with Gasteiger partial charge >= 0.3 is 0 Å². The highest BCUT2D eigenvalue weighted by Crippen LogP contribution is 2.42. The molecule has 0 saturated carbocycles. The van der Waals surface area contributed by atoms with E-state index in [0.717, 1.165) is 220 Å². The second-order valence-electron chi connectivity index (χ2n) is 25.6. The third-order valence-corrected chi connectivity index (χ3v) is 20.3. The summed E-state index contributed by atoms with van der Waals surface area (Å²) in [5, 5.41) is 47.3. The van der Waals surface area contributed by atoms with E-state index >= 15 is 0 Å². The molecule has 97 heavy (non-hydrogen) atoms. The number of para-hydroxylation sites is 1. The first kappa shape index (κ1) is 64.0. The third-order valence-electron chi connectivity index (χ3n) is 19.2. The zero-order chi connectivity index (χ0) is 65.9. The number of nitrogens with one attached hydrogen (secondary N) is 1. The number of aromatic amines is 1. The Hall–Kier alpha value is -8.99.